The molecule has 1 aliphatic heterocycles. The van der Waals surface area contributed by atoms with Gasteiger partial charge < -0.3 is 10.4 Å². The van der Waals surface area contributed by atoms with Gasteiger partial charge in [0.15, 0.2) is 5.60 Å². The second-order valence-corrected chi connectivity index (χ2v) is 6.44. The van der Waals surface area contributed by atoms with E-state index in [0.717, 1.165) is 23.7 Å². The molecule has 1 aromatic rings. The number of amides is 1. The summed E-state index contributed by atoms with van der Waals surface area (Å²) in [5.41, 5.74) is -0.615. The molecule has 0 saturated heterocycles. The first-order valence-corrected chi connectivity index (χ1v) is 7.69. The Morgan fingerprint density at radius 1 is 1.25 bits per heavy atom. The van der Waals surface area contributed by atoms with Crippen LogP contribution >= 0.6 is 15.9 Å². The molecule has 1 aromatic carbocycles. The maximum absolute atomic E-state index is 12.3. The van der Waals surface area contributed by atoms with Crippen LogP contribution in [-0.2, 0) is 15.2 Å². The highest BCUT2D eigenvalue weighted by Gasteiger charge is 2.53. The third-order valence-corrected chi connectivity index (χ3v) is 4.79. The molecule has 1 saturated carbocycles. The molecular formula is C15H16BrNO3. The summed E-state index contributed by atoms with van der Waals surface area (Å²) in [5, 5.41) is 13.7. The molecule has 20 heavy (non-hydrogen) atoms. The monoisotopic (exact) mass is 337 g/mol. The summed E-state index contributed by atoms with van der Waals surface area (Å²) in [6, 6.07) is 5.28. The van der Waals surface area contributed by atoms with E-state index in [1.54, 1.807) is 18.2 Å². The van der Waals surface area contributed by atoms with Gasteiger partial charge in [-0.3, -0.25) is 9.59 Å². The zero-order valence-corrected chi connectivity index (χ0v) is 12.6. The fourth-order valence-corrected chi connectivity index (χ4v) is 3.59. The van der Waals surface area contributed by atoms with Crippen LogP contribution in [0, 0.1) is 5.92 Å². The van der Waals surface area contributed by atoms with Gasteiger partial charge in [0.2, 0.25) is 0 Å². The van der Waals surface area contributed by atoms with E-state index in [-0.39, 0.29) is 5.78 Å². The van der Waals surface area contributed by atoms with Crippen LogP contribution < -0.4 is 5.32 Å². The lowest BCUT2D eigenvalue weighted by atomic mass is 9.77. The Morgan fingerprint density at radius 3 is 2.85 bits per heavy atom. The van der Waals surface area contributed by atoms with Crippen LogP contribution in [0.15, 0.2) is 22.7 Å². The van der Waals surface area contributed by atoms with Crippen molar-refractivity contribution in [2.75, 3.05) is 5.32 Å². The highest BCUT2D eigenvalue weighted by atomic mass is 79.9. The van der Waals surface area contributed by atoms with E-state index >= 15 is 0 Å². The fraction of sp³-hybridized carbons (Fsp3) is 0.467. The van der Waals surface area contributed by atoms with Crippen molar-refractivity contribution in [2.45, 2.75) is 37.7 Å². The van der Waals surface area contributed by atoms with Gasteiger partial charge in [-0.2, -0.15) is 0 Å². The number of aliphatic hydroxyl groups is 1. The van der Waals surface area contributed by atoms with Crippen molar-refractivity contribution in [3.8, 4) is 0 Å². The fourth-order valence-electron chi connectivity index (χ4n) is 3.23. The second-order valence-electron chi connectivity index (χ2n) is 5.53. The number of hydrogen-bond donors (Lipinski definition) is 2. The van der Waals surface area contributed by atoms with Crippen molar-refractivity contribution in [1.82, 2.24) is 0 Å². The maximum atomic E-state index is 12.3. The minimum Gasteiger partial charge on any atom is -0.375 e. The van der Waals surface area contributed by atoms with Crippen molar-refractivity contribution in [3.05, 3.63) is 28.2 Å². The molecule has 0 unspecified atom stereocenters. The number of fused-ring (bicyclic) bond motifs is 1. The lowest BCUT2D eigenvalue weighted by Gasteiger charge is -2.29. The quantitative estimate of drug-likeness (QED) is 0.774. The van der Waals surface area contributed by atoms with Crippen molar-refractivity contribution < 1.29 is 14.7 Å². The van der Waals surface area contributed by atoms with Gasteiger partial charge in [-0.1, -0.05) is 28.8 Å². The van der Waals surface area contributed by atoms with Gasteiger partial charge in [-0.05, 0) is 31.0 Å². The highest BCUT2D eigenvalue weighted by molar-refractivity contribution is 9.10. The van der Waals surface area contributed by atoms with Crippen molar-refractivity contribution in [1.29, 1.82) is 0 Å². The SMILES string of the molecule is O=C1CCCCC[C@@H]1[C@@]1(O)C(=O)Nc2ccc(Br)cc21. The molecule has 2 N–H and O–H groups in total. The van der Waals surface area contributed by atoms with Crippen LogP contribution in [-0.4, -0.2) is 16.8 Å². The molecule has 106 valence electrons. The van der Waals surface area contributed by atoms with Crippen LogP contribution in [0.2, 0.25) is 0 Å². The summed E-state index contributed by atoms with van der Waals surface area (Å²) in [6.07, 6.45) is 3.71. The number of halogens is 1. The molecule has 2 atom stereocenters. The second kappa shape index (κ2) is 4.97. The van der Waals surface area contributed by atoms with Crippen LogP contribution in [0.5, 0.6) is 0 Å². The van der Waals surface area contributed by atoms with Gasteiger partial charge >= 0.3 is 0 Å². The first-order valence-electron chi connectivity index (χ1n) is 6.90. The van der Waals surface area contributed by atoms with Gasteiger partial charge in [-0.15, -0.1) is 0 Å². The average Bonchev–Trinajstić information content (AvgIpc) is 2.57. The van der Waals surface area contributed by atoms with Crippen molar-refractivity contribution in [2.24, 2.45) is 5.92 Å². The maximum Gasteiger partial charge on any atom is 0.261 e. The normalized spacial score (nSPS) is 29.8. The number of anilines is 1. The predicted molar refractivity (Wildman–Crippen MR) is 78.3 cm³/mol. The van der Waals surface area contributed by atoms with Gasteiger partial charge in [0.25, 0.3) is 5.91 Å². The van der Waals surface area contributed by atoms with E-state index in [4.69, 9.17) is 0 Å². The number of ketones is 1. The first-order chi connectivity index (χ1) is 9.53. The van der Waals surface area contributed by atoms with Gasteiger partial charge in [-0.25, -0.2) is 0 Å². The summed E-state index contributed by atoms with van der Waals surface area (Å²) in [6.45, 7) is 0. The standard InChI is InChI=1S/C15H16BrNO3/c16-9-6-7-12-11(8-9)15(20,14(19)17-12)10-4-2-1-3-5-13(10)18/h6-8,10,20H,1-5H2,(H,17,19)/t10-,15-/m0/s1. The molecule has 1 fully saturated rings. The van der Waals surface area contributed by atoms with Crippen molar-refractivity contribution in [3.63, 3.8) is 0 Å². The Labute approximate surface area is 125 Å². The Kier molecular flexibility index (Phi) is 3.42. The Morgan fingerprint density at radius 2 is 2.05 bits per heavy atom. The molecule has 0 radical (unpaired) electrons. The van der Waals surface area contributed by atoms with Crippen molar-refractivity contribution >= 4 is 33.3 Å². The minimum absolute atomic E-state index is 0.00650. The zero-order chi connectivity index (χ0) is 14.3. The largest absolute Gasteiger partial charge is 0.375 e. The third kappa shape index (κ3) is 2.00. The number of carbonyl (C=O) groups excluding carboxylic acids is 2. The summed E-state index contributed by atoms with van der Waals surface area (Å²) >= 11 is 3.36. The minimum atomic E-state index is -1.72. The van der Waals surface area contributed by atoms with E-state index in [9.17, 15) is 14.7 Å². The smallest absolute Gasteiger partial charge is 0.261 e. The molecule has 2 aliphatic rings. The lowest BCUT2D eigenvalue weighted by Crippen LogP contribution is -2.45. The van der Waals surface area contributed by atoms with E-state index in [1.165, 1.54) is 0 Å². The van der Waals surface area contributed by atoms with Crippen LogP contribution in [0.4, 0.5) is 5.69 Å². The molecule has 1 heterocycles. The number of nitrogens with one attached hydrogen (secondary N) is 1. The number of rotatable bonds is 1. The van der Waals surface area contributed by atoms with Gasteiger partial charge in [0.05, 0.1) is 5.92 Å². The third-order valence-electron chi connectivity index (χ3n) is 4.30. The molecule has 0 spiro atoms. The molecule has 5 heteroatoms. The number of carbonyl (C=O) groups is 2. The van der Waals surface area contributed by atoms with E-state index in [2.05, 4.69) is 21.2 Å². The molecule has 1 amide bonds. The summed E-state index contributed by atoms with van der Waals surface area (Å²) in [5.74, 6) is -1.13. The van der Waals surface area contributed by atoms with Crippen LogP contribution in [0.1, 0.15) is 37.7 Å². The molecule has 3 rings (SSSR count). The first kappa shape index (κ1) is 13.8. The molecule has 0 aromatic heterocycles. The summed E-state index contributed by atoms with van der Waals surface area (Å²) in [7, 11) is 0. The molecule has 0 bridgehead atoms. The number of Topliss-reactive ketones (excluding diaryl/α,β-unsaturated/α-hetero) is 1. The lowest BCUT2D eigenvalue weighted by molar-refractivity contribution is -0.148. The number of benzene rings is 1. The topological polar surface area (TPSA) is 66.4 Å². The van der Waals surface area contributed by atoms with E-state index < -0.39 is 17.4 Å². The van der Waals surface area contributed by atoms with Gasteiger partial charge in [0.1, 0.15) is 5.78 Å². The zero-order valence-electron chi connectivity index (χ0n) is 11.0. The molecule has 1 aliphatic carbocycles. The average molecular weight is 338 g/mol. The Bertz CT molecular complexity index is 586. The van der Waals surface area contributed by atoms with Gasteiger partial charge in [0, 0.05) is 22.1 Å². The van der Waals surface area contributed by atoms with E-state index in [1.807, 2.05) is 0 Å². The summed E-state index contributed by atoms with van der Waals surface area (Å²) < 4.78 is 0.784. The summed E-state index contributed by atoms with van der Waals surface area (Å²) in [4.78, 5) is 24.6. The molecular weight excluding hydrogens is 322 g/mol. The predicted octanol–water partition coefficient (Wildman–Crippen LogP) is 2.74. The van der Waals surface area contributed by atoms with Crippen LogP contribution in [0.25, 0.3) is 0 Å². The van der Waals surface area contributed by atoms with Crippen LogP contribution in [0.3, 0.4) is 0 Å². The number of hydrogen-bond acceptors (Lipinski definition) is 3. The highest BCUT2D eigenvalue weighted by Crippen LogP contribution is 2.45. The Balaban J connectivity index is 2.09. The van der Waals surface area contributed by atoms with E-state index in [0.29, 0.717) is 24.1 Å². The Hall–Kier alpha value is -1.20. The molecule has 4 nitrogen and oxygen atoms in total.